The molecule has 0 aromatic heterocycles. The van der Waals surface area contributed by atoms with E-state index in [2.05, 4.69) is 43.3 Å². The number of hydrogen-bond donors (Lipinski definition) is 0. The molecule has 0 N–H and O–H groups in total. The molecule has 4 nitrogen and oxygen atoms in total. The van der Waals surface area contributed by atoms with Crippen LogP contribution in [0.2, 0.25) is 0 Å². The highest BCUT2D eigenvalue weighted by Gasteiger charge is 2.67. The Bertz CT molecular complexity index is 1230. The third-order valence-electron chi connectivity index (χ3n) is 7.92. The van der Waals surface area contributed by atoms with Crippen molar-refractivity contribution in [2.45, 2.75) is 38.0 Å². The van der Waals surface area contributed by atoms with E-state index < -0.39 is 17.3 Å². The van der Waals surface area contributed by atoms with E-state index in [0.29, 0.717) is 18.0 Å². The van der Waals surface area contributed by atoms with Gasteiger partial charge in [0.2, 0.25) is 11.8 Å². The van der Waals surface area contributed by atoms with Gasteiger partial charge in [-0.3, -0.25) is 9.59 Å². The Hall–Kier alpha value is -3.40. The van der Waals surface area contributed by atoms with Crippen LogP contribution >= 0.6 is 0 Å². The summed E-state index contributed by atoms with van der Waals surface area (Å²) in [7, 11) is 0. The fourth-order valence-electron chi connectivity index (χ4n) is 6.74. The Morgan fingerprint density at radius 2 is 1.42 bits per heavy atom. The molecule has 3 aromatic carbocycles. The zero-order valence-corrected chi connectivity index (χ0v) is 19.0. The van der Waals surface area contributed by atoms with Crippen molar-refractivity contribution >= 4 is 17.5 Å². The van der Waals surface area contributed by atoms with Gasteiger partial charge in [-0.05, 0) is 47.2 Å². The molecule has 166 valence electrons. The highest BCUT2D eigenvalue weighted by Crippen LogP contribution is 2.65. The minimum absolute atomic E-state index is 0.103. The first-order chi connectivity index (χ1) is 16.1. The summed E-state index contributed by atoms with van der Waals surface area (Å²) in [6, 6.07) is 24.3. The molecule has 0 saturated carbocycles. The molecule has 4 heteroatoms. The predicted molar refractivity (Wildman–Crippen MR) is 127 cm³/mol. The molecule has 2 amide bonds. The van der Waals surface area contributed by atoms with Gasteiger partial charge in [-0.25, -0.2) is 4.90 Å². The van der Waals surface area contributed by atoms with Gasteiger partial charge in [-0.2, -0.15) is 0 Å². The highest BCUT2D eigenvalue weighted by molar-refractivity contribution is 6.24. The average molecular weight is 438 g/mol. The van der Waals surface area contributed by atoms with Crippen molar-refractivity contribution in [2.24, 2.45) is 11.8 Å². The minimum Gasteiger partial charge on any atom is -0.491 e. The van der Waals surface area contributed by atoms with Crippen molar-refractivity contribution < 1.29 is 14.3 Å². The third kappa shape index (κ3) is 2.47. The van der Waals surface area contributed by atoms with Crippen molar-refractivity contribution in [3.8, 4) is 5.75 Å². The molecule has 1 aliphatic heterocycles. The average Bonchev–Trinajstić information content (AvgIpc) is 3.13. The fraction of sp³-hybridized carbons (Fsp3) is 0.310. The molecule has 4 aliphatic rings. The number of para-hydroxylation sites is 2. The molecular formula is C29H27NO3. The van der Waals surface area contributed by atoms with Gasteiger partial charge in [0.15, 0.2) is 0 Å². The molecule has 0 unspecified atom stereocenters. The van der Waals surface area contributed by atoms with Gasteiger partial charge in [0.05, 0.1) is 24.1 Å². The predicted octanol–water partition coefficient (Wildman–Crippen LogP) is 5.44. The Kier molecular flexibility index (Phi) is 4.48. The van der Waals surface area contributed by atoms with E-state index in [0.717, 1.165) is 12.8 Å². The van der Waals surface area contributed by atoms with Crippen LogP contribution in [-0.4, -0.2) is 18.4 Å². The quantitative estimate of drug-likeness (QED) is 0.500. The number of amides is 2. The van der Waals surface area contributed by atoms with E-state index in [-0.39, 0.29) is 17.7 Å². The molecule has 0 spiro atoms. The van der Waals surface area contributed by atoms with Crippen LogP contribution in [0.1, 0.15) is 54.9 Å². The minimum atomic E-state index is -0.507. The van der Waals surface area contributed by atoms with Gasteiger partial charge < -0.3 is 4.74 Å². The lowest BCUT2D eigenvalue weighted by atomic mass is 9.46. The summed E-state index contributed by atoms with van der Waals surface area (Å²) in [5.74, 6) is -0.545. The second-order valence-corrected chi connectivity index (χ2v) is 9.31. The lowest BCUT2D eigenvalue weighted by Crippen LogP contribution is -2.53. The van der Waals surface area contributed by atoms with E-state index in [1.165, 1.54) is 27.2 Å². The van der Waals surface area contributed by atoms with Crippen LogP contribution in [0.5, 0.6) is 5.75 Å². The second kappa shape index (κ2) is 7.31. The number of rotatable bonds is 5. The summed E-state index contributed by atoms with van der Waals surface area (Å²) in [5.41, 5.74) is 4.85. The maximum Gasteiger partial charge on any atom is 0.239 e. The molecule has 1 fully saturated rings. The maximum atomic E-state index is 14.2. The van der Waals surface area contributed by atoms with E-state index in [1.807, 2.05) is 43.3 Å². The number of ether oxygens (including phenoxy) is 1. The first-order valence-electron chi connectivity index (χ1n) is 11.9. The number of carbonyl (C=O) groups excluding carboxylic acids is 2. The summed E-state index contributed by atoms with van der Waals surface area (Å²) in [5, 5.41) is 0. The van der Waals surface area contributed by atoms with Crippen LogP contribution in [-0.2, 0) is 15.0 Å². The van der Waals surface area contributed by atoms with Gasteiger partial charge in [-0.1, -0.05) is 74.5 Å². The molecule has 1 heterocycles. The molecule has 1 saturated heterocycles. The zero-order chi connectivity index (χ0) is 22.7. The number of carbonyl (C=O) groups is 2. The van der Waals surface area contributed by atoms with Crippen LogP contribution in [0.4, 0.5) is 5.69 Å². The summed E-state index contributed by atoms with van der Waals surface area (Å²) in [4.78, 5) is 29.7. The second-order valence-electron chi connectivity index (χ2n) is 9.31. The lowest BCUT2D eigenvalue weighted by Gasteiger charge is -2.54. The number of anilines is 1. The van der Waals surface area contributed by atoms with Crippen LogP contribution in [0, 0.1) is 11.8 Å². The molecule has 2 bridgehead atoms. The van der Waals surface area contributed by atoms with Gasteiger partial charge in [0, 0.05) is 11.3 Å². The van der Waals surface area contributed by atoms with E-state index in [9.17, 15) is 9.59 Å². The Morgan fingerprint density at radius 3 is 2.06 bits per heavy atom. The Morgan fingerprint density at radius 1 is 0.818 bits per heavy atom. The van der Waals surface area contributed by atoms with Crippen molar-refractivity contribution in [3.63, 3.8) is 0 Å². The largest absolute Gasteiger partial charge is 0.491 e. The van der Waals surface area contributed by atoms with Gasteiger partial charge in [0.25, 0.3) is 0 Å². The molecule has 3 aliphatic carbocycles. The van der Waals surface area contributed by atoms with E-state index >= 15 is 0 Å². The van der Waals surface area contributed by atoms with Gasteiger partial charge in [-0.15, -0.1) is 0 Å². The number of benzene rings is 3. The highest BCUT2D eigenvalue weighted by atomic mass is 16.5. The molecular weight excluding hydrogens is 410 g/mol. The first kappa shape index (κ1) is 20.2. The number of imide groups is 1. The SMILES string of the molecule is CCCOc1ccccc1N1C(=O)[C@@H]2[C@@H](C1=O)C1c3ccccc3C2(CC)c2ccccc21. The monoisotopic (exact) mass is 437 g/mol. The van der Waals surface area contributed by atoms with Gasteiger partial charge >= 0.3 is 0 Å². The van der Waals surface area contributed by atoms with Crippen molar-refractivity contribution in [1.82, 2.24) is 0 Å². The summed E-state index contributed by atoms with van der Waals surface area (Å²) >= 11 is 0. The Balaban J connectivity index is 1.58. The molecule has 2 atom stereocenters. The molecule has 3 aromatic rings. The zero-order valence-electron chi connectivity index (χ0n) is 19.0. The fourth-order valence-corrected chi connectivity index (χ4v) is 6.74. The van der Waals surface area contributed by atoms with Crippen LogP contribution in [0.3, 0.4) is 0 Å². The maximum absolute atomic E-state index is 14.2. The van der Waals surface area contributed by atoms with Crippen LogP contribution < -0.4 is 9.64 Å². The van der Waals surface area contributed by atoms with E-state index in [4.69, 9.17) is 4.74 Å². The van der Waals surface area contributed by atoms with Crippen LogP contribution in [0.25, 0.3) is 0 Å². The summed E-state index contributed by atoms with van der Waals surface area (Å²) in [6.45, 7) is 4.73. The Labute approximate surface area is 194 Å². The topological polar surface area (TPSA) is 46.6 Å². The number of nitrogens with zero attached hydrogens (tertiary/aromatic N) is 1. The molecule has 33 heavy (non-hydrogen) atoms. The lowest BCUT2D eigenvalue weighted by molar-refractivity contribution is -0.123. The normalized spacial score (nSPS) is 26.7. The van der Waals surface area contributed by atoms with Crippen molar-refractivity contribution in [1.29, 1.82) is 0 Å². The standard InChI is InChI=1S/C29H27NO3/c1-3-17-33-23-16-10-9-15-22(23)30-27(31)25-24-18-11-5-7-13-20(18)29(4-2,26(25)28(30)32)21-14-8-6-12-19(21)24/h5-16,24-26H,3-4,17H2,1-2H3/t24?,25-,26-,29?/m0/s1. The number of hydrogen-bond acceptors (Lipinski definition) is 3. The van der Waals surface area contributed by atoms with Gasteiger partial charge in [0.1, 0.15) is 5.75 Å². The molecule has 0 radical (unpaired) electrons. The molecule has 7 rings (SSSR count). The van der Waals surface area contributed by atoms with E-state index in [1.54, 1.807) is 0 Å². The first-order valence-corrected chi connectivity index (χ1v) is 11.9. The van der Waals surface area contributed by atoms with Crippen LogP contribution in [0.15, 0.2) is 72.8 Å². The third-order valence-corrected chi connectivity index (χ3v) is 7.92. The summed E-state index contributed by atoms with van der Waals surface area (Å²) in [6.07, 6.45) is 1.61. The van der Waals surface area contributed by atoms with Crippen molar-refractivity contribution in [2.75, 3.05) is 11.5 Å². The van der Waals surface area contributed by atoms with Crippen molar-refractivity contribution in [3.05, 3.63) is 95.1 Å². The smallest absolute Gasteiger partial charge is 0.239 e. The summed E-state index contributed by atoms with van der Waals surface area (Å²) < 4.78 is 5.95.